The number of hydrogen-bond donors (Lipinski definition) is 0. The molecule has 0 spiro atoms. The zero-order chi connectivity index (χ0) is 19.0. The molecule has 6 heteroatoms. The van der Waals surface area contributed by atoms with Crippen LogP contribution in [0.4, 0.5) is 11.4 Å². The number of rotatable bonds is 3. The molecule has 1 aliphatic heterocycles. The Labute approximate surface area is 161 Å². The van der Waals surface area contributed by atoms with E-state index in [9.17, 15) is 10.1 Å². The van der Waals surface area contributed by atoms with Gasteiger partial charge in [0.1, 0.15) is 6.17 Å². The summed E-state index contributed by atoms with van der Waals surface area (Å²) in [5.41, 5.74) is 4.79. The molecule has 3 aromatic carbocycles. The number of benzene rings is 3. The minimum absolute atomic E-state index is 0.0663. The number of nitrogens with zero attached hydrogens (tertiary/aromatic N) is 3. The lowest BCUT2D eigenvalue weighted by Gasteiger charge is -2.34. The summed E-state index contributed by atoms with van der Waals surface area (Å²) in [6, 6.07) is 22.2. The van der Waals surface area contributed by atoms with Crippen LogP contribution in [0.3, 0.4) is 0 Å². The second kappa shape index (κ2) is 6.85. The number of nitro benzene ring substituents is 1. The third-order valence-electron chi connectivity index (χ3n) is 4.66. The van der Waals surface area contributed by atoms with E-state index in [1.165, 1.54) is 12.1 Å². The minimum atomic E-state index is -0.398. The van der Waals surface area contributed by atoms with Gasteiger partial charge in [-0.25, -0.2) is 0 Å². The largest absolute Gasteiger partial charge is 0.349 e. The van der Waals surface area contributed by atoms with Crippen LogP contribution < -0.4 is 4.90 Å². The second-order valence-electron chi connectivity index (χ2n) is 6.34. The lowest BCUT2D eigenvalue weighted by atomic mass is 9.96. The van der Waals surface area contributed by atoms with E-state index in [0.717, 1.165) is 28.1 Å². The van der Waals surface area contributed by atoms with Crippen LogP contribution in [0.1, 0.15) is 22.9 Å². The van der Waals surface area contributed by atoms with Crippen molar-refractivity contribution in [2.75, 3.05) is 11.9 Å². The van der Waals surface area contributed by atoms with Gasteiger partial charge in [-0.2, -0.15) is 0 Å². The van der Waals surface area contributed by atoms with Gasteiger partial charge in [0.15, 0.2) is 0 Å². The van der Waals surface area contributed by atoms with Gasteiger partial charge in [-0.05, 0) is 35.9 Å². The quantitative estimate of drug-likeness (QED) is 0.463. The lowest BCUT2D eigenvalue weighted by molar-refractivity contribution is -0.384. The van der Waals surface area contributed by atoms with Crippen molar-refractivity contribution in [1.29, 1.82) is 0 Å². The van der Waals surface area contributed by atoms with Gasteiger partial charge >= 0.3 is 0 Å². The molecule has 5 nitrogen and oxygen atoms in total. The highest BCUT2D eigenvalue weighted by Crippen LogP contribution is 2.38. The van der Waals surface area contributed by atoms with E-state index in [1.54, 1.807) is 12.1 Å². The molecule has 0 saturated heterocycles. The topological polar surface area (TPSA) is 58.7 Å². The van der Waals surface area contributed by atoms with Gasteiger partial charge < -0.3 is 4.90 Å². The van der Waals surface area contributed by atoms with Crippen molar-refractivity contribution >= 4 is 28.7 Å². The molecule has 3 aromatic rings. The molecule has 0 N–H and O–H groups in total. The van der Waals surface area contributed by atoms with Crippen molar-refractivity contribution < 1.29 is 4.92 Å². The van der Waals surface area contributed by atoms with Crippen molar-refractivity contribution in [2.45, 2.75) is 6.17 Å². The molecule has 0 fully saturated rings. The van der Waals surface area contributed by atoms with Gasteiger partial charge in [-0.3, -0.25) is 15.1 Å². The Balaban J connectivity index is 1.86. The Morgan fingerprint density at radius 1 is 1.04 bits per heavy atom. The molecule has 0 aliphatic carbocycles. The molecule has 0 saturated carbocycles. The van der Waals surface area contributed by atoms with Gasteiger partial charge in [0.25, 0.3) is 5.69 Å². The smallest absolute Gasteiger partial charge is 0.269 e. The maximum atomic E-state index is 10.9. The first-order valence-electron chi connectivity index (χ1n) is 8.45. The Kier molecular flexibility index (Phi) is 4.38. The van der Waals surface area contributed by atoms with Crippen LogP contribution in [-0.2, 0) is 0 Å². The molecule has 1 unspecified atom stereocenters. The van der Waals surface area contributed by atoms with E-state index in [4.69, 9.17) is 16.6 Å². The van der Waals surface area contributed by atoms with Crippen LogP contribution in [-0.4, -0.2) is 17.7 Å². The molecule has 1 aliphatic rings. The van der Waals surface area contributed by atoms with Crippen molar-refractivity contribution in [2.24, 2.45) is 4.99 Å². The number of nitro groups is 1. The molecule has 0 aromatic heterocycles. The number of non-ortho nitro benzene ring substituents is 1. The zero-order valence-electron chi connectivity index (χ0n) is 14.5. The second-order valence-corrected chi connectivity index (χ2v) is 6.77. The summed E-state index contributed by atoms with van der Waals surface area (Å²) >= 11 is 6.24. The fraction of sp³-hybridized carbons (Fsp3) is 0.0952. The van der Waals surface area contributed by atoms with E-state index in [-0.39, 0.29) is 11.9 Å². The molecule has 134 valence electrons. The predicted octanol–water partition coefficient (Wildman–Crippen LogP) is 5.23. The highest BCUT2D eigenvalue weighted by Gasteiger charge is 2.27. The lowest BCUT2D eigenvalue weighted by Crippen LogP contribution is -2.30. The van der Waals surface area contributed by atoms with E-state index in [2.05, 4.69) is 4.90 Å². The molecule has 0 bridgehead atoms. The first kappa shape index (κ1) is 17.2. The SMILES string of the molecule is CN1c2ccc(Cl)cc2C(c2ccccc2)=NC1c1ccc([N+](=O)[O-])cc1. The fourth-order valence-electron chi connectivity index (χ4n) is 3.31. The third kappa shape index (κ3) is 3.17. The van der Waals surface area contributed by atoms with Gasteiger partial charge in [0, 0.05) is 41.0 Å². The standard InChI is InChI=1S/C21H16ClN3O2/c1-24-19-12-9-16(22)13-18(19)20(14-5-3-2-4-6-14)23-21(24)15-7-10-17(11-8-15)25(26)27/h2-13,21H,1H3. The maximum absolute atomic E-state index is 10.9. The highest BCUT2D eigenvalue weighted by molar-refractivity contribution is 6.31. The van der Waals surface area contributed by atoms with Crippen LogP contribution in [0, 0.1) is 10.1 Å². The number of halogens is 1. The van der Waals surface area contributed by atoms with Gasteiger partial charge in [0.05, 0.1) is 10.6 Å². The third-order valence-corrected chi connectivity index (χ3v) is 4.90. The monoisotopic (exact) mass is 377 g/mol. The number of aliphatic imine (C=N–C) groups is 1. The molecular formula is C21H16ClN3O2. The highest BCUT2D eigenvalue weighted by atomic mass is 35.5. The van der Waals surface area contributed by atoms with Crippen LogP contribution >= 0.6 is 11.6 Å². The number of fused-ring (bicyclic) bond motifs is 1. The summed E-state index contributed by atoms with van der Waals surface area (Å²) in [6.45, 7) is 0. The number of hydrogen-bond acceptors (Lipinski definition) is 4. The van der Waals surface area contributed by atoms with Crippen LogP contribution in [0.2, 0.25) is 5.02 Å². The van der Waals surface area contributed by atoms with E-state index in [0.29, 0.717) is 5.02 Å². The first-order chi connectivity index (χ1) is 13.0. The summed E-state index contributed by atoms with van der Waals surface area (Å²) in [5, 5.41) is 11.6. The van der Waals surface area contributed by atoms with Gasteiger partial charge in [-0.1, -0.05) is 41.9 Å². The minimum Gasteiger partial charge on any atom is -0.349 e. The predicted molar refractivity (Wildman–Crippen MR) is 108 cm³/mol. The van der Waals surface area contributed by atoms with Crippen molar-refractivity contribution in [1.82, 2.24) is 0 Å². The fourth-order valence-corrected chi connectivity index (χ4v) is 3.48. The first-order valence-corrected chi connectivity index (χ1v) is 8.83. The van der Waals surface area contributed by atoms with Crippen LogP contribution in [0.15, 0.2) is 77.8 Å². The maximum Gasteiger partial charge on any atom is 0.269 e. The summed E-state index contributed by atoms with van der Waals surface area (Å²) < 4.78 is 0. The molecule has 27 heavy (non-hydrogen) atoms. The van der Waals surface area contributed by atoms with Gasteiger partial charge in [-0.15, -0.1) is 0 Å². The summed E-state index contributed by atoms with van der Waals surface area (Å²) in [6.07, 6.45) is -0.283. The normalized spacial score (nSPS) is 15.9. The van der Waals surface area contributed by atoms with Crippen LogP contribution in [0.5, 0.6) is 0 Å². The molecule has 1 heterocycles. The van der Waals surface area contributed by atoms with Crippen molar-refractivity contribution in [3.8, 4) is 0 Å². The van der Waals surface area contributed by atoms with E-state index in [1.807, 2.05) is 55.6 Å². The van der Waals surface area contributed by atoms with Crippen molar-refractivity contribution in [3.63, 3.8) is 0 Å². The summed E-state index contributed by atoms with van der Waals surface area (Å²) in [5.74, 6) is 0. The van der Waals surface area contributed by atoms with Crippen LogP contribution in [0.25, 0.3) is 0 Å². The van der Waals surface area contributed by atoms with E-state index >= 15 is 0 Å². The van der Waals surface area contributed by atoms with Crippen molar-refractivity contribution in [3.05, 3.63) is 105 Å². The molecule has 4 rings (SSSR count). The summed E-state index contributed by atoms with van der Waals surface area (Å²) in [4.78, 5) is 17.6. The zero-order valence-corrected chi connectivity index (χ0v) is 15.3. The van der Waals surface area contributed by atoms with Gasteiger partial charge in [0.2, 0.25) is 0 Å². The van der Waals surface area contributed by atoms with E-state index < -0.39 is 4.92 Å². The molecule has 0 radical (unpaired) electrons. The average Bonchev–Trinajstić information content (AvgIpc) is 2.69. The average molecular weight is 378 g/mol. The Morgan fingerprint density at radius 2 is 1.74 bits per heavy atom. The Bertz CT molecular complexity index is 1030. The Morgan fingerprint density at radius 3 is 2.41 bits per heavy atom. The Hall–Kier alpha value is -3.18. The summed E-state index contributed by atoms with van der Waals surface area (Å²) in [7, 11) is 1.96. The molecule has 1 atom stereocenters. The number of anilines is 1. The molecular weight excluding hydrogens is 362 g/mol. The molecule has 0 amide bonds.